The molecule has 0 saturated carbocycles. The molecule has 0 aliphatic heterocycles. The van der Waals surface area contributed by atoms with E-state index in [2.05, 4.69) is 162 Å². The smallest absolute Gasteiger partial charge is 0 e. The van der Waals surface area contributed by atoms with Crippen LogP contribution < -0.4 is 13.3 Å². The SMILES string of the molecule is C.C.C.C.C.C.C.C.COCOC.Cc1c[c-]ccc1C.Cc1c[c-]ccc1C.Cc1cc[c-]cc1.Cc1cc[c-]cc1.I.II.I[I-]I.[Y].[Y]. The molecule has 4 rings (SSSR count). The van der Waals surface area contributed by atoms with Crippen molar-refractivity contribution >= 4 is 98.4 Å². The Balaban J connectivity index is -0.0000000259. The van der Waals surface area contributed by atoms with Crippen LogP contribution in [0.2, 0.25) is 0 Å². The van der Waals surface area contributed by atoms with Gasteiger partial charge in [-0.3, -0.25) is 0 Å². The average molecular weight is 1540 g/mol. The maximum Gasteiger partial charge on any atom is 0 e. The monoisotopic (exact) mass is 1540 g/mol. The Kier molecular flexibility index (Phi) is 145. The van der Waals surface area contributed by atoms with E-state index in [1.807, 2.05) is 72.8 Å². The van der Waals surface area contributed by atoms with Gasteiger partial charge in [-0.2, -0.15) is 143 Å². The van der Waals surface area contributed by atoms with Crippen molar-refractivity contribution in [2.75, 3.05) is 21.0 Å². The number of halogens is 6. The fraction of sp³-hybridized carbons (Fsp3) is 0.415. The molecule has 0 aromatic heterocycles. The van der Waals surface area contributed by atoms with Gasteiger partial charge >= 0.3 is 50.5 Å². The van der Waals surface area contributed by atoms with Crippen LogP contribution in [0.4, 0.5) is 0 Å². The molecule has 302 valence electrons. The van der Waals surface area contributed by atoms with Crippen molar-refractivity contribution in [3.8, 4) is 0 Å². The van der Waals surface area contributed by atoms with Crippen LogP contribution in [0.1, 0.15) is 92.8 Å². The second-order valence-electron chi connectivity index (χ2n) is 7.92. The molecule has 0 N–H and O–H groups in total. The number of benzene rings is 4. The first-order valence-electron chi connectivity index (χ1n) is 11.9. The first-order valence-corrected chi connectivity index (χ1v) is 30.8. The molecule has 0 spiro atoms. The van der Waals surface area contributed by atoms with Crippen LogP contribution in [-0.4, -0.2) is 21.0 Å². The third-order valence-corrected chi connectivity index (χ3v) is 4.71. The zero-order chi connectivity index (χ0) is 31.0. The fourth-order valence-electron chi connectivity index (χ4n) is 2.24. The maximum absolute atomic E-state index is 4.47. The van der Waals surface area contributed by atoms with Crippen LogP contribution in [0.3, 0.4) is 0 Å². The zero-order valence-corrected chi connectivity index (χ0v) is 44.9. The van der Waals surface area contributed by atoms with Crippen LogP contribution in [0.5, 0.6) is 0 Å². The minimum Gasteiger partial charge on any atom is 0 e. The second kappa shape index (κ2) is 77.8. The molecule has 0 fully saturated rings. The van der Waals surface area contributed by atoms with Crippen LogP contribution in [0, 0.1) is 65.8 Å². The Labute approximate surface area is 443 Å². The van der Waals surface area contributed by atoms with E-state index in [1.54, 1.807) is 14.2 Å². The number of methoxy groups -OCH3 is 2. The summed E-state index contributed by atoms with van der Waals surface area (Å²) >= 11 is 9.54. The van der Waals surface area contributed by atoms with Crippen LogP contribution in [0.15, 0.2) is 84.9 Å². The van der Waals surface area contributed by atoms with Gasteiger partial charge in [0.2, 0.25) is 0 Å². The van der Waals surface area contributed by atoms with E-state index < -0.39 is 0 Å². The van der Waals surface area contributed by atoms with Crippen molar-refractivity contribution in [1.82, 2.24) is 0 Å². The summed E-state index contributed by atoms with van der Waals surface area (Å²) in [5.74, 6) is 0. The van der Waals surface area contributed by atoms with Crippen molar-refractivity contribution in [3.63, 3.8) is 0 Å². The van der Waals surface area contributed by atoms with Gasteiger partial charge in [-0.15, -0.1) is 24.0 Å². The minimum atomic E-state index is 0. The summed E-state index contributed by atoms with van der Waals surface area (Å²) in [6.45, 7) is 12.9. The standard InChI is InChI=1S/2C8H9.2C7H7.C3H8O2.8CH4.I3.I2.HI.2Y/c2*1-7-5-3-4-6-8(7)2;2*1-7-5-3-2-4-6-7;1-4-3-5-2;;;;;;;;;1-3-2;1-2;;;/h2*3,5-6H,1-2H3;2*3-6H,1H3;3H2,1-2H3;8*1H4;;;1H;;/q4*-1;;;;;;;;;;-1;;;;. The van der Waals surface area contributed by atoms with Crippen LogP contribution >= 0.6 is 98.4 Å². The molecule has 0 atom stereocenters. The average Bonchev–Trinajstić information content (AvgIpc) is 2.96. The molecule has 10 heteroatoms. The molecule has 0 heterocycles. The van der Waals surface area contributed by atoms with E-state index in [9.17, 15) is 0 Å². The number of ether oxygens (including phenoxy) is 2. The summed E-state index contributed by atoms with van der Waals surface area (Å²) in [7, 11) is 3.17. The molecule has 4 aromatic rings. The minimum absolute atomic E-state index is 0. The molecule has 0 bridgehead atoms. The van der Waals surface area contributed by atoms with Crippen molar-refractivity contribution in [3.05, 3.63) is 143 Å². The summed E-state index contributed by atoms with van der Waals surface area (Å²) in [4.78, 5) is 0. The molecule has 51 heavy (non-hydrogen) atoms. The van der Waals surface area contributed by atoms with Gasteiger partial charge in [0.1, 0.15) is 6.79 Å². The van der Waals surface area contributed by atoms with E-state index in [4.69, 9.17) is 0 Å². The Hall–Kier alpha value is 3.39. The van der Waals surface area contributed by atoms with Crippen LogP contribution in [-0.2, 0) is 74.9 Å². The van der Waals surface area contributed by atoms with Gasteiger partial charge < -0.3 is 9.47 Å². The van der Waals surface area contributed by atoms with Gasteiger partial charge in [0.25, 0.3) is 0 Å². The Bertz CT molecular complexity index is 925. The molecule has 0 amide bonds. The largest absolute Gasteiger partial charge is 0 e. The summed E-state index contributed by atoms with van der Waals surface area (Å²) in [6.07, 6.45) is 0. The van der Waals surface area contributed by atoms with E-state index in [1.165, 1.54) is 33.4 Å². The van der Waals surface area contributed by atoms with E-state index in [0.29, 0.717) is 20.0 Å². The molecule has 0 unspecified atom stereocenters. The van der Waals surface area contributed by atoms with Gasteiger partial charge in [-0.25, -0.2) is 0 Å². The summed E-state index contributed by atoms with van der Waals surface area (Å²) in [5, 5.41) is 0. The molecule has 2 nitrogen and oxygen atoms in total. The molecular formula is C41H73I6O2Y2-5. The van der Waals surface area contributed by atoms with Gasteiger partial charge in [0.05, 0.1) is 0 Å². The quantitative estimate of drug-likeness (QED) is 0.113. The van der Waals surface area contributed by atoms with E-state index in [-0.39, 0.29) is 149 Å². The predicted octanol–water partition coefficient (Wildman–Crippen LogP) is 14.3. The number of hydrogen-bond donors (Lipinski definition) is 0. The third kappa shape index (κ3) is 74.9. The van der Waals surface area contributed by atoms with Gasteiger partial charge in [0.15, 0.2) is 0 Å². The molecule has 0 aliphatic carbocycles. The van der Waals surface area contributed by atoms with Crippen molar-refractivity contribution in [1.29, 1.82) is 0 Å². The topological polar surface area (TPSA) is 18.5 Å². The Morgan fingerprint density at radius 1 is 0.471 bits per heavy atom. The first kappa shape index (κ1) is 95.0. The van der Waals surface area contributed by atoms with Crippen molar-refractivity contribution < 1.29 is 88.1 Å². The third-order valence-electron chi connectivity index (χ3n) is 4.71. The molecule has 4 aromatic carbocycles. The summed E-state index contributed by atoms with van der Waals surface area (Å²) < 4.78 is 8.94. The molecular weight excluding hydrogens is 1460 g/mol. The Morgan fingerprint density at radius 3 is 0.784 bits per heavy atom. The van der Waals surface area contributed by atoms with Crippen molar-refractivity contribution in [2.45, 2.75) is 101 Å². The molecule has 0 aliphatic rings. The number of rotatable bonds is 2. The van der Waals surface area contributed by atoms with Crippen molar-refractivity contribution in [2.24, 2.45) is 0 Å². The first-order chi connectivity index (χ1) is 19.2. The zero-order valence-electron chi connectivity index (χ0n) is 26.1. The summed E-state index contributed by atoms with van der Waals surface area (Å²) in [6, 6.07) is 39.6. The normalized spacial score (nSPS) is 6.67. The number of aryl methyl sites for hydroxylation is 6. The van der Waals surface area contributed by atoms with E-state index >= 15 is 0 Å². The second-order valence-corrected chi connectivity index (χ2v) is 24.2. The molecule has 0 saturated heterocycles. The maximum atomic E-state index is 4.47. The van der Waals surface area contributed by atoms with Gasteiger partial charge in [0, 0.05) is 117 Å². The van der Waals surface area contributed by atoms with Gasteiger partial charge in [-0.1, -0.05) is 101 Å². The van der Waals surface area contributed by atoms with Gasteiger partial charge in [-0.05, 0) is 0 Å². The fourth-order valence-corrected chi connectivity index (χ4v) is 2.24. The Morgan fingerprint density at radius 2 is 0.686 bits per heavy atom. The van der Waals surface area contributed by atoms with Crippen LogP contribution in [0.25, 0.3) is 0 Å². The molecule has 2 radical (unpaired) electrons. The number of hydrogen-bond acceptors (Lipinski definition) is 2. The predicted molar refractivity (Wildman–Crippen MR) is 274 cm³/mol. The van der Waals surface area contributed by atoms with E-state index in [0.717, 1.165) is 0 Å². The summed E-state index contributed by atoms with van der Waals surface area (Å²) in [5.41, 5.74) is 7.88.